The second-order valence-electron chi connectivity index (χ2n) is 5.76. The molecule has 1 aromatic rings. The maximum Gasteiger partial charge on any atom is 0.389 e. The third kappa shape index (κ3) is 5.22. The number of halogens is 3. The average molecular weight is 316 g/mol. The third-order valence-corrected chi connectivity index (χ3v) is 3.52. The summed E-state index contributed by atoms with van der Waals surface area (Å²) in [5, 5.41) is 5.47. The van der Waals surface area contributed by atoms with E-state index in [0.29, 0.717) is 24.5 Å². The van der Waals surface area contributed by atoms with Crippen LogP contribution in [0.1, 0.15) is 25.3 Å². The highest BCUT2D eigenvalue weighted by atomic mass is 19.4. The molecule has 122 valence electrons. The van der Waals surface area contributed by atoms with E-state index in [1.165, 1.54) is 0 Å². The zero-order valence-electron chi connectivity index (χ0n) is 12.3. The van der Waals surface area contributed by atoms with Gasteiger partial charge in [0.15, 0.2) is 0 Å². The van der Waals surface area contributed by atoms with Crippen LogP contribution in [0.25, 0.3) is 0 Å². The van der Waals surface area contributed by atoms with Crippen LogP contribution in [0.15, 0.2) is 24.3 Å². The number of aryl methyl sites for hydroxylation is 1. The van der Waals surface area contributed by atoms with Gasteiger partial charge in [-0.15, -0.1) is 0 Å². The first-order chi connectivity index (χ1) is 10.3. The normalized spacial score (nSPS) is 21.6. The van der Waals surface area contributed by atoms with E-state index in [1.54, 1.807) is 24.3 Å². The highest BCUT2D eigenvalue weighted by Crippen LogP contribution is 2.23. The number of benzene rings is 1. The molecule has 1 heterocycles. The molecule has 0 aromatic heterocycles. The Morgan fingerprint density at radius 3 is 2.82 bits per heavy atom. The number of ether oxygens (including phenoxy) is 1. The first-order valence-corrected chi connectivity index (χ1v) is 7.08. The Hall–Kier alpha value is -1.76. The lowest BCUT2D eigenvalue weighted by atomic mass is 10.0. The molecule has 2 N–H and O–H groups in total. The van der Waals surface area contributed by atoms with Gasteiger partial charge in [0.2, 0.25) is 0 Å². The molecule has 1 aliphatic heterocycles. The maximum absolute atomic E-state index is 12.2. The SMILES string of the molecule is C[C@@]1(NC(=O)Nc2cccc(CCC(F)(F)F)c2)CCOC1. The third-order valence-electron chi connectivity index (χ3n) is 3.52. The number of nitrogens with one attached hydrogen (secondary N) is 2. The van der Waals surface area contributed by atoms with Gasteiger partial charge in [-0.1, -0.05) is 12.1 Å². The summed E-state index contributed by atoms with van der Waals surface area (Å²) >= 11 is 0. The summed E-state index contributed by atoms with van der Waals surface area (Å²) in [5.41, 5.74) is 0.600. The van der Waals surface area contributed by atoms with Gasteiger partial charge < -0.3 is 15.4 Å². The molecule has 0 aliphatic carbocycles. The Morgan fingerprint density at radius 2 is 2.18 bits per heavy atom. The Bertz CT molecular complexity index is 526. The van der Waals surface area contributed by atoms with E-state index in [2.05, 4.69) is 10.6 Å². The van der Waals surface area contributed by atoms with E-state index in [-0.39, 0.29) is 12.5 Å². The lowest BCUT2D eigenvalue weighted by Crippen LogP contribution is -2.48. The van der Waals surface area contributed by atoms with Gasteiger partial charge in [-0.2, -0.15) is 13.2 Å². The molecule has 4 nitrogen and oxygen atoms in total. The molecular weight excluding hydrogens is 297 g/mol. The fraction of sp³-hybridized carbons (Fsp3) is 0.533. The van der Waals surface area contributed by atoms with E-state index in [0.717, 1.165) is 6.42 Å². The van der Waals surface area contributed by atoms with Crippen LogP contribution in [0.5, 0.6) is 0 Å². The van der Waals surface area contributed by atoms with Crippen LogP contribution in [0.4, 0.5) is 23.7 Å². The fourth-order valence-electron chi connectivity index (χ4n) is 2.29. The second kappa shape index (κ2) is 6.56. The monoisotopic (exact) mass is 316 g/mol. The van der Waals surface area contributed by atoms with Gasteiger partial charge in [0, 0.05) is 18.7 Å². The number of rotatable bonds is 4. The van der Waals surface area contributed by atoms with Gasteiger partial charge in [-0.3, -0.25) is 0 Å². The molecule has 0 unspecified atom stereocenters. The second-order valence-corrected chi connectivity index (χ2v) is 5.76. The number of carbonyl (C=O) groups excluding carboxylic acids is 1. The van der Waals surface area contributed by atoms with Gasteiger partial charge in [0.05, 0.1) is 12.1 Å². The first kappa shape index (κ1) is 16.6. The van der Waals surface area contributed by atoms with Crippen LogP contribution in [0.2, 0.25) is 0 Å². The molecule has 1 atom stereocenters. The number of alkyl halides is 3. The number of carbonyl (C=O) groups is 1. The molecule has 7 heteroatoms. The van der Waals surface area contributed by atoms with Crippen molar-refractivity contribution < 1.29 is 22.7 Å². The highest BCUT2D eigenvalue weighted by molar-refractivity contribution is 5.89. The smallest absolute Gasteiger partial charge is 0.379 e. The molecule has 1 saturated heterocycles. The van der Waals surface area contributed by atoms with Crippen LogP contribution in [-0.2, 0) is 11.2 Å². The average Bonchev–Trinajstić information content (AvgIpc) is 2.82. The lowest BCUT2D eigenvalue weighted by Gasteiger charge is -2.23. The number of urea groups is 1. The molecule has 0 bridgehead atoms. The van der Waals surface area contributed by atoms with E-state index in [4.69, 9.17) is 4.74 Å². The number of hydrogen-bond donors (Lipinski definition) is 2. The van der Waals surface area contributed by atoms with Gasteiger partial charge >= 0.3 is 12.2 Å². The first-order valence-electron chi connectivity index (χ1n) is 7.08. The molecular formula is C15H19F3N2O2. The van der Waals surface area contributed by atoms with E-state index >= 15 is 0 Å². The van der Waals surface area contributed by atoms with Crippen molar-refractivity contribution in [2.75, 3.05) is 18.5 Å². The fourth-order valence-corrected chi connectivity index (χ4v) is 2.29. The summed E-state index contributed by atoms with van der Waals surface area (Å²) in [5.74, 6) is 0. The topological polar surface area (TPSA) is 50.4 Å². The summed E-state index contributed by atoms with van der Waals surface area (Å²) < 4.78 is 41.9. The minimum absolute atomic E-state index is 0.105. The van der Waals surface area contributed by atoms with E-state index in [9.17, 15) is 18.0 Å². The molecule has 0 spiro atoms. The maximum atomic E-state index is 12.2. The van der Waals surface area contributed by atoms with E-state index in [1.807, 2.05) is 6.92 Å². The Morgan fingerprint density at radius 1 is 1.41 bits per heavy atom. The Kier molecular flexibility index (Phi) is 4.95. The minimum atomic E-state index is -4.18. The quantitative estimate of drug-likeness (QED) is 0.893. The van der Waals surface area contributed by atoms with Crippen LogP contribution in [-0.4, -0.2) is 31.0 Å². The summed E-state index contributed by atoms with van der Waals surface area (Å²) in [6.45, 7) is 2.94. The standard InChI is InChI=1S/C15H19F3N2O2/c1-14(7-8-22-10-14)20-13(21)19-12-4-2-3-11(9-12)5-6-15(16,17)18/h2-4,9H,5-8,10H2,1H3,(H2,19,20,21)/t14-/m1/s1. The van der Waals surface area contributed by atoms with Crippen LogP contribution in [0, 0.1) is 0 Å². The molecule has 0 radical (unpaired) electrons. The number of amides is 2. The van der Waals surface area contributed by atoms with Crippen molar-refractivity contribution in [2.45, 2.75) is 37.9 Å². The molecule has 2 amide bonds. The van der Waals surface area contributed by atoms with Crippen molar-refractivity contribution in [1.82, 2.24) is 5.32 Å². The molecule has 1 fully saturated rings. The lowest BCUT2D eigenvalue weighted by molar-refractivity contribution is -0.133. The van der Waals surface area contributed by atoms with E-state index < -0.39 is 18.1 Å². The summed E-state index contributed by atoms with van der Waals surface area (Å²) in [7, 11) is 0. The summed E-state index contributed by atoms with van der Waals surface area (Å²) in [6, 6.07) is 6.05. The van der Waals surface area contributed by atoms with Gasteiger partial charge in [-0.25, -0.2) is 4.79 Å². The summed E-state index contributed by atoms with van der Waals surface area (Å²) in [6.07, 6.45) is -4.44. The molecule has 1 aliphatic rings. The van der Waals surface area contributed by atoms with Gasteiger partial charge in [0.25, 0.3) is 0 Å². The Balaban J connectivity index is 1.90. The van der Waals surface area contributed by atoms with Gasteiger partial charge in [-0.05, 0) is 37.5 Å². The summed E-state index contributed by atoms with van der Waals surface area (Å²) in [4.78, 5) is 11.9. The predicted octanol–water partition coefficient (Wildman–Crippen LogP) is 3.48. The number of anilines is 1. The van der Waals surface area contributed by atoms with Crippen molar-refractivity contribution in [2.24, 2.45) is 0 Å². The zero-order valence-corrected chi connectivity index (χ0v) is 12.3. The molecule has 2 rings (SSSR count). The zero-order chi connectivity index (χ0) is 16.2. The largest absolute Gasteiger partial charge is 0.389 e. The highest BCUT2D eigenvalue weighted by Gasteiger charge is 2.31. The molecule has 0 saturated carbocycles. The molecule has 22 heavy (non-hydrogen) atoms. The Labute approximate surface area is 127 Å². The molecule has 1 aromatic carbocycles. The van der Waals surface area contributed by atoms with Crippen molar-refractivity contribution in [3.8, 4) is 0 Å². The van der Waals surface area contributed by atoms with Gasteiger partial charge in [0.1, 0.15) is 0 Å². The van der Waals surface area contributed by atoms with Crippen LogP contribution in [0.3, 0.4) is 0 Å². The van der Waals surface area contributed by atoms with Crippen molar-refractivity contribution in [3.63, 3.8) is 0 Å². The van der Waals surface area contributed by atoms with Crippen molar-refractivity contribution in [3.05, 3.63) is 29.8 Å². The van der Waals surface area contributed by atoms with Crippen molar-refractivity contribution in [1.29, 1.82) is 0 Å². The van der Waals surface area contributed by atoms with Crippen molar-refractivity contribution >= 4 is 11.7 Å². The van der Waals surface area contributed by atoms with Crippen LogP contribution < -0.4 is 10.6 Å². The number of hydrogen-bond acceptors (Lipinski definition) is 2. The minimum Gasteiger partial charge on any atom is -0.379 e. The predicted molar refractivity (Wildman–Crippen MR) is 76.8 cm³/mol. The van der Waals surface area contributed by atoms with Crippen LogP contribution >= 0.6 is 0 Å².